The average molecular weight is 279 g/mol. The van der Waals surface area contributed by atoms with Crippen molar-refractivity contribution in [3.05, 3.63) is 32.6 Å². The maximum atomic E-state index is 11.1. The molecular weight excluding hydrogens is 262 g/mol. The second-order valence-corrected chi connectivity index (χ2v) is 4.80. The first-order chi connectivity index (χ1) is 9.24. The van der Waals surface area contributed by atoms with Gasteiger partial charge < -0.3 is 15.6 Å². The standard InChI is InChI=1S/C12H17N5OS/c1-3-9-10(13-4-2)15-7-16-11(9)14-5-8-6-19-12(18)17-8/h6-7H,3-5H2,1-2H3,(H,17,18)(H2,13,14,15,16). The number of hydrogen-bond donors (Lipinski definition) is 3. The molecule has 0 aromatic carbocycles. The van der Waals surface area contributed by atoms with E-state index in [0.29, 0.717) is 6.54 Å². The second-order valence-electron chi connectivity index (χ2n) is 3.96. The number of aromatic nitrogens is 3. The molecule has 102 valence electrons. The van der Waals surface area contributed by atoms with Crippen molar-refractivity contribution in [2.24, 2.45) is 0 Å². The van der Waals surface area contributed by atoms with Crippen molar-refractivity contribution in [2.45, 2.75) is 26.8 Å². The topological polar surface area (TPSA) is 82.7 Å². The predicted octanol–water partition coefficient (Wildman–Crippen LogP) is 1.83. The Balaban J connectivity index is 2.15. The Kier molecular flexibility index (Phi) is 4.51. The number of nitrogens with zero attached hydrogens (tertiary/aromatic N) is 2. The van der Waals surface area contributed by atoms with Crippen LogP contribution in [0, 0.1) is 0 Å². The van der Waals surface area contributed by atoms with Crippen LogP contribution in [0.25, 0.3) is 0 Å². The van der Waals surface area contributed by atoms with Gasteiger partial charge in [-0.25, -0.2) is 9.97 Å². The van der Waals surface area contributed by atoms with Crippen LogP contribution in [-0.4, -0.2) is 21.5 Å². The molecule has 2 aromatic heterocycles. The third-order valence-electron chi connectivity index (χ3n) is 2.66. The summed E-state index contributed by atoms with van der Waals surface area (Å²) >= 11 is 1.16. The zero-order chi connectivity index (χ0) is 13.7. The summed E-state index contributed by atoms with van der Waals surface area (Å²) in [5.41, 5.74) is 1.92. The molecule has 2 aromatic rings. The molecule has 0 spiro atoms. The van der Waals surface area contributed by atoms with Gasteiger partial charge in [-0.3, -0.25) is 4.79 Å². The number of anilines is 2. The van der Waals surface area contributed by atoms with Gasteiger partial charge in [-0.15, -0.1) is 0 Å². The first-order valence-electron chi connectivity index (χ1n) is 6.22. The fraction of sp³-hybridized carbons (Fsp3) is 0.417. The Morgan fingerprint density at radius 1 is 1.26 bits per heavy atom. The molecule has 0 atom stereocenters. The summed E-state index contributed by atoms with van der Waals surface area (Å²) in [6.45, 7) is 5.47. The van der Waals surface area contributed by atoms with E-state index in [1.165, 1.54) is 6.33 Å². The monoisotopic (exact) mass is 279 g/mol. The van der Waals surface area contributed by atoms with E-state index in [1.807, 2.05) is 12.3 Å². The largest absolute Gasteiger partial charge is 0.370 e. The summed E-state index contributed by atoms with van der Waals surface area (Å²) in [5.74, 6) is 1.67. The van der Waals surface area contributed by atoms with Crippen LogP contribution in [-0.2, 0) is 13.0 Å². The zero-order valence-corrected chi connectivity index (χ0v) is 11.8. The van der Waals surface area contributed by atoms with Crippen molar-refractivity contribution in [3.63, 3.8) is 0 Å². The lowest BCUT2D eigenvalue weighted by molar-refractivity contribution is 0.983. The van der Waals surface area contributed by atoms with Gasteiger partial charge >= 0.3 is 4.87 Å². The molecule has 0 bridgehead atoms. The highest BCUT2D eigenvalue weighted by Gasteiger charge is 2.09. The Morgan fingerprint density at radius 2 is 2.00 bits per heavy atom. The SMILES string of the molecule is CCNc1ncnc(NCc2csc(=O)[nH]2)c1CC. The molecule has 0 radical (unpaired) electrons. The minimum atomic E-state index is -0.0384. The Morgan fingerprint density at radius 3 is 2.58 bits per heavy atom. The first-order valence-corrected chi connectivity index (χ1v) is 7.10. The quantitative estimate of drug-likeness (QED) is 0.751. The number of thiazole rings is 1. The lowest BCUT2D eigenvalue weighted by atomic mass is 10.2. The van der Waals surface area contributed by atoms with Crippen LogP contribution >= 0.6 is 11.3 Å². The van der Waals surface area contributed by atoms with Gasteiger partial charge in [0.1, 0.15) is 18.0 Å². The van der Waals surface area contributed by atoms with E-state index in [0.717, 1.165) is 47.2 Å². The van der Waals surface area contributed by atoms with Gasteiger partial charge in [0.15, 0.2) is 0 Å². The van der Waals surface area contributed by atoms with Crippen LogP contribution in [0.5, 0.6) is 0 Å². The summed E-state index contributed by atoms with van der Waals surface area (Å²) in [6.07, 6.45) is 2.38. The molecule has 0 unspecified atom stereocenters. The highest BCUT2D eigenvalue weighted by molar-refractivity contribution is 7.07. The Labute approximate surface area is 115 Å². The molecule has 0 aliphatic rings. The van der Waals surface area contributed by atoms with E-state index < -0.39 is 0 Å². The molecular formula is C12H17N5OS. The number of rotatable bonds is 6. The Bertz CT molecular complexity index is 592. The van der Waals surface area contributed by atoms with Crippen LogP contribution in [0.3, 0.4) is 0 Å². The zero-order valence-electron chi connectivity index (χ0n) is 11.0. The molecule has 7 heteroatoms. The summed E-state index contributed by atoms with van der Waals surface area (Å²) in [4.78, 5) is 22.3. The van der Waals surface area contributed by atoms with Crippen LogP contribution in [0.2, 0.25) is 0 Å². The molecule has 0 saturated heterocycles. The van der Waals surface area contributed by atoms with Crippen LogP contribution in [0.4, 0.5) is 11.6 Å². The molecule has 0 saturated carbocycles. The number of aromatic amines is 1. The molecule has 0 aliphatic carbocycles. The van der Waals surface area contributed by atoms with Crippen molar-refractivity contribution in [1.82, 2.24) is 15.0 Å². The van der Waals surface area contributed by atoms with Crippen LogP contribution in [0.15, 0.2) is 16.5 Å². The molecule has 0 amide bonds. The van der Waals surface area contributed by atoms with Gasteiger partial charge in [0, 0.05) is 23.2 Å². The smallest absolute Gasteiger partial charge is 0.304 e. The lowest BCUT2D eigenvalue weighted by Crippen LogP contribution is -2.10. The third kappa shape index (κ3) is 3.31. The van der Waals surface area contributed by atoms with E-state index in [2.05, 4.69) is 32.5 Å². The lowest BCUT2D eigenvalue weighted by Gasteiger charge is -2.13. The van der Waals surface area contributed by atoms with Gasteiger partial charge in [0.2, 0.25) is 0 Å². The first kappa shape index (κ1) is 13.5. The molecule has 3 N–H and O–H groups in total. The van der Waals surface area contributed by atoms with Crippen molar-refractivity contribution in [3.8, 4) is 0 Å². The summed E-state index contributed by atoms with van der Waals surface area (Å²) < 4.78 is 0. The van der Waals surface area contributed by atoms with Crippen LogP contribution < -0.4 is 15.5 Å². The highest BCUT2D eigenvalue weighted by atomic mass is 32.1. The van der Waals surface area contributed by atoms with Crippen molar-refractivity contribution >= 4 is 23.0 Å². The average Bonchev–Trinajstić information content (AvgIpc) is 2.83. The van der Waals surface area contributed by atoms with Crippen molar-refractivity contribution < 1.29 is 0 Å². The normalized spacial score (nSPS) is 10.4. The molecule has 0 fully saturated rings. The summed E-state index contributed by atoms with van der Waals surface area (Å²) in [5, 5.41) is 8.27. The summed E-state index contributed by atoms with van der Waals surface area (Å²) in [7, 11) is 0. The van der Waals surface area contributed by atoms with E-state index in [1.54, 1.807) is 0 Å². The van der Waals surface area contributed by atoms with E-state index in [-0.39, 0.29) is 4.87 Å². The van der Waals surface area contributed by atoms with Gasteiger partial charge in [-0.1, -0.05) is 18.3 Å². The molecule has 19 heavy (non-hydrogen) atoms. The molecule has 2 heterocycles. The predicted molar refractivity (Wildman–Crippen MR) is 77.8 cm³/mol. The molecule has 0 aliphatic heterocycles. The number of nitrogens with one attached hydrogen (secondary N) is 3. The fourth-order valence-electron chi connectivity index (χ4n) is 1.80. The van der Waals surface area contributed by atoms with Gasteiger partial charge in [-0.2, -0.15) is 0 Å². The van der Waals surface area contributed by atoms with Crippen LogP contribution in [0.1, 0.15) is 25.1 Å². The van der Waals surface area contributed by atoms with Gasteiger partial charge in [-0.05, 0) is 13.3 Å². The maximum absolute atomic E-state index is 11.1. The molecule has 6 nitrogen and oxygen atoms in total. The van der Waals surface area contributed by atoms with E-state index >= 15 is 0 Å². The van der Waals surface area contributed by atoms with Gasteiger partial charge in [0.05, 0.1) is 6.54 Å². The Hall–Kier alpha value is -1.89. The molecule has 2 rings (SSSR count). The third-order valence-corrected chi connectivity index (χ3v) is 3.38. The fourth-order valence-corrected chi connectivity index (χ4v) is 2.38. The second kappa shape index (κ2) is 6.33. The number of H-pyrrole nitrogens is 1. The van der Waals surface area contributed by atoms with E-state index in [9.17, 15) is 4.79 Å². The minimum Gasteiger partial charge on any atom is -0.370 e. The van der Waals surface area contributed by atoms with Gasteiger partial charge in [0.25, 0.3) is 0 Å². The minimum absolute atomic E-state index is 0.0384. The highest BCUT2D eigenvalue weighted by Crippen LogP contribution is 2.20. The van der Waals surface area contributed by atoms with Crippen molar-refractivity contribution in [2.75, 3.05) is 17.2 Å². The summed E-state index contributed by atoms with van der Waals surface area (Å²) in [6, 6.07) is 0. The van der Waals surface area contributed by atoms with Crippen molar-refractivity contribution in [1.29, 1.82) is 0 Å². The number of hydrogen-bond acceptors (Lipinski definition) is 6. The maximum Gasteiger partial charge on any atom is 0.304 e. The van der Waals surface area contributed by atoms with E-state index in [4.69, 9.17) is 0 Å².